The summed E-state index contributed by atoms with van der Waals surface area (Å²) in [6.45, 7) is 9.95. The predicted octanol–water partition coefficient (Wildman–Crippen LogP) is 4.01. The Hall–Kier alpha value is -0.820. The number of hydrogen-bond donors (Lipinski definition) is 1. The second kappa shape index (κ2) is 7.50. The SMILES string of the molecule is Cc1ccc(CCCCCNC(C)C)c(C)c1. The van der Waals surface area contributed by atoms with Crippen molar-refractivity contribution >= 4 is 0 Å². The van der Waals surface area contributed by atoms with Gasteiger partial charge in [0.15, 0.2) is 0 Å². The van der Waals surface area contributed by atoms with Crippen molar-refractivity contribution in [1.29, 1.82) is 0 Å². The van der Waals surface area contributed by atoms with Crippen LogP contribution in [0.5, 0.6) is 0 Å². The van der Waals surface area contributed by atoms with Gasteiger partial charge in [-0.2, -0.15) is 0 Å². The summed E-state index contributed by atoms with van der Waals surface area (Å²) in [6.07, 6.45) is 5.16. The van der Waals surface area contributed by atoms with Gasteiger partial charge >= 0.3 is 0 Å². The van der Waals surface area contributed by atoms with Gasteiger partial charge in [0.2, 0.25) is 0 Å². The van der Waals surface area contributed by atoms with Crippen molar-refractivity contribution in [2.45, 2.75) is 59.4 Å². The van der Waals surface area contributed by atoms with Gasteiger partial charge in [0.1, 0.15) is 0 Å². The van der Waals surface area contributed by atoms with E-state index in [1.165, 1.54) is 42.4 Å². The van der Waals surface area contributed by atoms with E-state index in [9.17, 15) is 0 Å². The highest BCUT2D eigenvalue weighted by molar-refractivity contribution is 5.30. The molecule has 0 aliphatic heterocycles. The van der Waals surface area contributed by atoms with Gasteiger partial charge in [-0.3, -0.25) is 0 Å². The highest BCUT2D eigenvalue weighted by atomic mass is 14.9. The molecule has 0 bridgehead atoms. The molecule has 0 aliphatic carbocycles. The third-order valence-corrected chi connectivity index (χ3v) is 3.17. The number of unbranched alkanes of at least 4 members (excludes halogenated alkanes) is 2. The van der Waals surface area contributed by atoms with E-state index in [0.29, 0.717) is 6.04 Å². The van der Waals surface area contributed by atoms with Gasteiger partial charge in [-0.15, -0.1) is 0 Å². The highest BCUT2D eigenvalue weighted by Gasteiger charge is 1.99. The number of benzene rings is 1. The van der Waals surface area contributed by atoms with Crippen LogP contribution in [-0.2, 0) is 6.42 Å². The molecular weight excluding hydrogens is 206 g/mol. The molecule has 1 N–H and O–H groups in total. The average Bonchev–Trinajstić information content (AvgIpc) is 2.25. The normalized spacial score (nSPS) is 11.1. The van der Waals surface area contributed by atoms with E-state index >= 15 is 0 Å². The third kappa shape index (κ3) is 5.88. The first kappa shape index (κ1) is 14.2. The maximum absolute atomic E-state index is 3.46. The van der Waals surface area contributed by atoms with Crippen molar-refractivity contribution in [2.75, 3.05) is 6.54 Å². The maximum atomic E-state index is 3.46. The third-order valence-electron chi connectivity index (χ3n) is 3.17. The first-order valence-corrected chi connectivity index (χ1v) is 6.89. The Morgan fingerprint density at radius 3 is 2.47 bits per heavy atom. The molecule has 1 aromatic carbocycles. The van der Waals surface area contributed by atoms with Crippen LogP contribution < -0.4 is 5.32 Å². The van der Waals surface area contributed by atoms with E-state index in [2.05, 4.69) is 51.2 Å². The molecule has 0 aliphatic rings. The smallest absolute Gasteiger partial charge is 0.00103 e. The van der Waals surface area contributed by atoms with Gasteiger partial charge in [-0.25, -0.2) is 0 Å². The molecule has 1 heteroatoms. The van der Waals surface area contributed by atoms with Gasteiger partial charge in [0, 0.05) is 6.04 Å². The summed E-state index contributed by atoms with van der Waals surface area (Å²) in [5.41, 5.74) is 4.34. The van der Waals surface area contributed by atoms with E-state index in [1.807, 2.05) is 0 Å². The Bertz CT molecular complexity index is 328. The second-order valence-electron chi connectivity index (χ2n) is 5.35. The molecule has 0 unspecified atom stereocenters. The fourth-order valence-electron chi connectivity index (χ4n) is 2.13. The fourth-order valence-corrected chi connectivity index (χ4v) is 2.13. The van der Waals surface area contributed by atoms with Crippen LogP contribution in [0.15, 0.2) is 18.2 Å². The summed E-state index contributed by atoms with van der Waals surface area (Å²) in [5.74, 6) is 0. The minimum Gasteiger partial charge on any atom is -0.315 e. The molecule has 17 heavy (non-hydrogen) atoms. The fraction of sp³-hybridized carbons (Fsp3) is 0.625. The molecule has 0 amide bonds. The predicted molar refractivity (Wildman–Crippen MR) is 76.6 cm³/mol. The van der Waals surface area contributed by atoms with Crippen LogP contribution >= 0.6 is 0 Å². The van der Waals surface area contributed by atoms with Crippen LogP contribution in [0.4, 0.5) is 0 Å². The van der Waals surface area contributed by atoms with E-state index in [-0.39, 0.29) is 0 Å². The van der Waals surface area contributed by atoms with E-state index in [1.54, 1.807) is 0 Å². The molecule has 0 saturated heterocycles. The molecule has 0 heterocycles. The summed E-state index contributed by atoms with van der Waals surface area (Å²) < 4.78 is 0. The van der Waals surface area contributed by atoms with Crippen molar-refractivity contribution in [2.24, 2.45) is 0 Å². The summed E-state index contributed by atoms with van der Waals surface area (Å²) in [5, 5.41) is 3.46. The molecule has 1 rings (SSSR count). The Labute approximate surface area is 107 Å². The van der Waals surface area contributed by atoms with E-state index in [4.69, 9.17) is 0 Å². The molecular formula is C16H27N. The Morgan fingerprint density at radius 1 is 1.06 bits per heavy atom. The largest absolute Gasteiger partial charge is 0.315 e. The molecule has 1 aromatic rings. The minimum atomic E-state index is 0.620. The number of hydrogen-bond acceptors (Lipinski definition) is 1. The first-order chi connectivity index (χ1) is 8.09. The Kier molecular flexibility index (Phi) is 6.28. The van der Waals surface area contributed by atoms with Gasteiger partial charge in [-0.05, 0) is 50.8 Å². The first-order valence-electron chi connectivity index (χ1n) is 6.89. The summed E-state index contributed by atoms with van der Waals surface area (Å²) in [7, 11) is 0. The molecule has 0 aromatic heterocycles. The van der Waals surface area contributed by atoms with Crippen molar-refractivity contribution in [3.8, 4) is 0 Å². The molecule has 0 radical (unpaired) electrons. The van der Waals surface area contributed by atoms with Crippen molar-refractivity contribution in [3.05, 3.63) is 34.9 Å². The molecule has 0 spiro atoms. The molecule has 96 valence electrons. The van der Waals surface area contributed by atoms with Gasteiger partial charge in [-0.1, -0.05) is 44.0 Å². The highest BCUT2D eigenvalue weighted by Crippen LogP contribution is 2.13. The standard InChI is InChI=1S/C16H27N/c1-13(2)17-11-7-5-6-8-16-10-9-14(3)12-15(16)4/h9-10,12-13,17H,5-8,11H2,1-4H3. The lowest BCUT2D eigenvalue weighted by molar-refractivity contribution is 0.548. The molecule has 0 atom stereocenters. The van der Waals surface area contributed by atoms with Crippen LogP contribution in [0.2, 0.25) is 0 Å². The van der Waals surface area contributed by atoms with Gasteiger partial charge < -0.3 is 5.32 Å². The van der Waals surface area contributed by atoms with Crippen LogP contribution in [0.1, 0.15) is 49.8 Å². The molecule has 0 fully saturated rings. The zero-order chi connectivity index (χ0) is 12.7. The lowest BCUT2D eigenvalue weighted by Gasteiger charge is -2.09. The number of aryl methyl sites for hydroxylation is 3. The van der Waals surface area contributed by atoms with E-state index in [0.717, 1.165) is 6.54 Å². The lowest BCUT2D eigenvalue weighted by Crippen LogP contribution is -2.23. The van der Waals surface area contributed by atoms with Crippen molar-refractivity contribution < 1.29 is 0 Å². The molecule has 0 saturated carbocycles. The Balaban J connectivity index is 2.18. The van der Waals surface area contributed by atoms with Crippen LogP contribution in [-0.4, -0.2) is 12.6 Å². The minimum absolute atomic E-state index is 0.620. The summed E-state index contributed by atoms with van der Waals surface area (Å²) >= 11 is 0. The summed E-state index contributed by atoms with van der Waals surface area (Å²) in [6, 6.07) is 7.42. The van der Waals surface area contributed by atoms with Gasteiger partial charge in [0.05, 0.1) is 0 Å². The van der Waals surface area contributed by atoms with Crippen molar-refractivity contribution in [3.63, 3.8) is 0 Å². The monoisotopic (exact) mass is 233 g/mol. The quantitative estimate of drug-likeness (QED) is 0.702. The average molecular weight is 233 g/mol. The topological polar surface area (TPSA) is 12.0 Å². The van der Waals surface area contributed by atoms with Crippen LogP contribution in [0, 0.1) is 13.8 Å². The lowest BCUT2D eigenvalue weighted by atomic mass is 10.0. The maximum Gasteiger partial charge on any atom is 0.00103 e. The molecule has 1 nitrogen and oxygen atoms in total. The zero-order valence-electron chi connectivity index (χ0n) is 11.8. The van der Waals surface area contributed by atoms with Crippen LogP contribution in [0.25, 0.3) is 0 Å². The van der Waals surface area contributed by atoms with Gasteiger partial charge in [0.25, 0.3) is 0 Å². The number of nitrogens with one attached hydrogen (secondary N) is 1. The van der Waals surface area contributed by atoms with E-state index < -0.39 is 0 Å². The second-order valence-corrected chi connectivity index (χ2v) is 5.35. The zero-order valence-corrected chi connectivity index (χ0v) is 11.8. The Morgan fingerprint density at radius 2 is 1.82 bits per heavy atom. The number of rotatable bonds is 7. The summed E-state index contributed by atoms with van der Waals surface area (Å²) in [4.78, 5) is 0. The van der Waals surface area contributed by atoms with Crippen molar-refractivity contribution in [1.82, 2.24) is 5.32 Å². The van der Waals surface area contributed by atoms with Crippen LogP contribution in [0.3, 0.4) is 0 Å².